The van der Waals surface area contributed by atoms with Crippen LogP contribution in [0.25, 0.3) is 11.0 Å². The minimum Gasteiger partial charge on any atom is -0.325 e. The number of fused-ring (bicyclic) bond motifs is 1. The maximum atomic E-state index is 12.6. The van der Waals surface area contributed by atoms with Crippen LogP contribution in [0.3, 0.4) is 0 Å². The number of imidazole rings is 1. The molecule has 0 radical (unpaired) electrons. The molecule has 0 bridgehead atoms. The number of carbonyl (C=O) groups is 1. The number of aryl methyl sites for hydroxylation is 2. The number of hydrogen-bond donors (Lipinski definition) is 2. The summed E-state index contributed by atoms with van der Waals surface area (Å²) in [5.74, 6) is -0.126. The Morgan fingerprint density at radius 3 is 2.48 bits per heavy atom. The zero-order valence-electron chi connectivity index (χ0n) is 16.5. The van der Waals surface area contributed by atoms with Gasteiger partial charge in [0.2, 0.25) is 15.9 Å². The van der Waals surface area contributed by atoms with Gasteiger partial charge in [-0.15, -0.1) is 0 Å². The Balaban J connectivity index is 1.81. The summed E-state index contributed by atoms with van der Waals surface area (Å²) in [6.07, 6.45) is 0.945. The normalized spacial score (nSPS) is 12.8. The van der Waals surface area contributed by atoms with E-state index >= 15 is 0 Å². The summed E-state index contributed by atoms with van der Waals surface area (Å²) < 4.78 is 25.2. The lowest BCUT2D eigenvalue weighted by Gasteiger charge is -2.13. The van der Waals surface area contributed by atoms with Crippen LogP contribution in [-0.4, -0.2) is 29.1 Å². The first-order chi connectivity index (χ1) is 13.7. The number of aromatic nitrogens is 2. The standard InChI is InChI=1S/C20H24N4O3S2/c1-4-14-6-8-15(9-7-14)22-19(25)13(3)28-20-23-17-12-16(29(21,26)27)10-11-18(17)24(20)5-2/h6-13H,4-5H2,1-3H3,(H,22,25)(H2,21,26,27). The molecule has 3 aromatic rings. The predicted molar refractivity (Wildman–Crippen MR) is 117 cm³/mol. The van der Waals surface area contributed by atoms with E-state index < -0.39 is 10.0 Å². The average molecular weight is 433 g/mol. The zero-order valence-corrected chi connectivity index (χ0v) is 18.2. The summed E-state index contributed by atoms with van der Waals surface area (Å²) in [6, 6.07) is 12.4. The SMILES string of the molecule is CCc1ccc(NC(=O)C(C)Sc2nc3cc(S(N)(=O)=O)ccc3n2CC)cc1. The number of nitrogens with two attached hydrogens (primary N) is 1. The van der Waals surface area contributed by atoms with Gasteiger partial charge in [0.05, 0.1) is 21.2 Å². The summed E-state index contributed by atoms with van der Waals surface area (Å²) in [6.45, 7) is 6.51. The molecule has 154 valence electrons. The van der Waals surface area contributed by atoms with Gasteiger partial charge in [0.15, 0.2) is 5.16 Å². The molecule has 1 unspecified atom stereocenters. The molecule has 0 saturated heterocycles. The van der Waals surface area contributed by atoms with Crippen LogP contribution in [-0.2, 0) is 27.8 Å². The molecule has 29 heavy (non-hydrogen) atoms. The van der Waals surface area contributed by atoms with E-state index in [0.717, 1.165) is 17.6 Å². The Kier molecular flexibility index (Phi) is 6.30. The number of nitrogens with one attached hydrogen (secondary N) is 1. The van der Waals surface area contributed by atoms with Crippen LogP contribution in [0.5, 0.6) is 0 Å². The summed E-state index contributed by atoms with van der Waals surface area (Å²) in [5.41, 5.74) is 3.29. The fraction of sp³-hybridized carbons (Fsp3) is 0.300. The quantitative estimate of drug-likeness (QED) is 0.557. The number of carbonyl (C=O) groups excluding carboxylic acids is 1. The molecule has 1 atom stereocenters. The van der Waals surface area contributed by atoms with Crippen molar-refractivity contribution >= 4 is 44.4 Å². The first kappa shape index (κ1) is 21.4. The highest BCUT2D eigenvalue weighted by atomic mass is 32.2. The molecule has 0 saturated carbocycles. The van der Waals surface area contributed by atoms with Gasteiger partial charge in [-0.1, -0.05) is 30.8 Å². The molecule has 2 aromatic carbocycles. The highest BCUT2D eigenvalue weighted by molar-refractivity contribution is 8.00. The highest BCUT2D eigenvalue weighted by Gasteiger charge is 2.20. The summed E-state index contributed by atoms with van der Waals surface area (Å²) in [7, 11) is -3.80. The van der Waals surface area contributed by atoms with Crippen LogP contribution in [0.15, 0.2) is 52.5 Å². The fourth-order valence-electron chi connectivity index (χ4n) is 2.94. The summed E-state index contributed by atoms with van der Waals surface area (Å²) in [4.78, 5) is 17.2. The number of hydrogen-bond acceptors (Lipinski definition) is 5. The van der Waals surface area contributed by atoms with Gasteiger partial charge in [-0.2, -0.15) is 0 Å². The van der Waals surface area contributed by atoms with Crippen LogP contribution < -0.4 is 10.5 Å². The summed E-state index contributed by atoms with van der Waals surface area (Å²) >= 11 is 1.33. The number of anilines is 1. The van der Waals surface area contributed by atoms with Gasteiger partial charge in [-0.25, -0.2) is 18.5 Å². The highest BCUT2D eigenvalue weighted by Crippen LogP contribution is 2.29. The molecule has 1 aromatic heterocycles. The molecule has 9 heteroatoms. The van der Waals surface area contributed by atoms with Gasteiger partial charge in [-0.3, -0.25) is 4.79 Å². The Hall–Kier alpha value is -2.36. The van der Waals surface area contributed by atoms with Crippen molar-refractivity contribution in [1.82, 2.24) is 9.55 Å². The molecule has 0 aliphatic rings. The first-order valence-electron chi connectivity index (χ1n) is 9.32. The number of benzene rings is 2. The van der Waals surface area contributed by atoms with Crippen molar-refractivity contribution in [2.24, 2.45) is 5.14 Å². The van der Waals surface area contributed by atoms with Gasteiger partial charge in [0.25, 0.3) is 0 Å². The molecule has 0 aliphatic carbocycles. The van der Waals surface area contributed by atoms with Crippen molar-refractivity contribution in [3.63, 3.8) is 0 Å². The van der Waals surface area contributed by atoms with Crippen LogP contribution in [0, 0.1) is 0 Å². The van der Waals surface area contributed by atoms with Crippen molar-refractivity contribution < 1.29 is 13.2 Å². The maximum absolute atomic E-state index is 12.6. The molecule has 7 nitrogen and oxygen atoms in total. The molecule has 0 aliphatic heterocycles. The largest absolute Gasteiger partial charge is 0.325 e. The molecule has 3 N–H and O–H groups in total. The van der Waals surface area contributed by atoms with Crippen LogP contribution >= 0.6 is 11.8 Å². The second kappa shape index (κ2) is 8.56. The molecule has 0 spiro atoms. The summed E-state index contributed by atoms with van der Waals surface area (Å²) in [5, 5.41) is 8.40. The minimum atomic E-state index is -3.80. The van der Waals surface area contributed by atoms with Crippen molar-refractivity contribution in [3.05, 3.63) is 48.0 Å². The van der Waals surface area contributed by atoms with Crippen molar-refractivity contribution in [3.8, 4) is 0 Å². The zero-order chi connectivity index (χ0) is 21.2. The van der Waals surface area contributed by atoms with E-state index in [1.165, 1.54) is 29.5 Å². The van der Waals surface area contributed by atoms with E-state index in [4.69, 9.17) is 5.14 Å². The van der Waals surface area contributed by atoms with Crippen molar-refractivity contribution in [2.45, 2.75) is 49.0 Å². The predicted octanol–water partition coefficient (Wildman–Crippen LogP) is 3.39. The lowest BCUT2D eigenvalue weighted by atomic mass is 10.1. The lowest BCUT2D eigenvalue weighted by Crippen LogP contribution is -2.22. The fourth-order valence-corrected chi connectivity index (χ4v) is 4.46. The molecule has 3 rings (SSSR count). The van der Waals surface area contributed by atoms with Crippen LogP contribution in [0.1, 0.15) is 26.3 Å². The third-order valence-corrected chi connectivity index (χ3v) is 6.61. The van der Waals surface area contributed by atoms with Crippen LogP contribution in [0.4, 0.5) is 5.69 Å². The first-order valence-corrected chi connectivity index (χ1v) is 11.7. The van der Waals surface area contributed by atoms with E-state index in [9.17, 15) is 13.2 Å². The van der Waals surface area contributed by atoms with E-state index in [1.54, 1.807) is 6.07 Å². The maximum Gasteiger partial charge on any atom is 0.238 e. The van der Waals surface area contributed by atoms with E-state index in [-0.39, 0.29) is 16.1 Å². The number of rotatable bonds is 7. The lowest BCUT2D eigenvalue weighted by molar-refractivity contribution is -0.115. The number of thioether (sulfide) groups is 1. The van der Waals surface area contributed by atoms with Gasteiger partial charge >= 0.3 is 0 Å². The van der Waals surface area contributed by atoms with Gasteiger partial charge in [0, 0.05) is 12.2 Å². The number of sulfonamides is 1. The Bertz CT molecular complexity index is 1140. The average Bonchev–Trinajstić information content (AvgIpc) is 3.03. The molecule has 0 fully saturated rings. The molecule has 1 heterocycles. The van der Waals surface area contributed by atoms with E-state index in [1.807, 2.05) is 42.7 Å². The second-order valence-electron chi connectivity index (χ2n) is 6.63. The van der Waals surface area contributed by atoms with E-state index in [2.05, 4.69) is 17.2 Å². The topological polar surface area (TPSA) is 107 Å². The van der Waals surface area contributed by atoms with Crippen molar-refractivity contribution in [2.75, 3.05) is 5.32 Å². The van der Waals surface area contributed by atoms with E-state index in [0.29, 0.717) is 17.2 Å². The second-order valence-corrected chi connectivity index (χ2v) is 9.50. The Morgan fingerprint density at radius 1 is 1.21 bits per heavy atom. The Labute approximate surface area is 174 Å². The van der Waals surface area contributed by atoms with Crippen molar-refractivity contribution in [1.29, 1.82) is 0 Å². The smallest absolute Gasteiger partial charge is 0.238 e. The number of primary sulfonamides is 1. The number of nitrogens with zero attached hydrogens (tertiary/aromatic N) is 2. The van der Waals surface area contributed by atoms with Crippen LogP contribution in [0.2, 0.25) is 0 Å². The Morgan fingerprint density at radius 2 is 1.90 bits per heavy atom. The third kappa shape index (κ3) is 4.80. The molecule has 1 amide bonds. The van der Waals surface area contributed by atoms with Gasteiger partial charge in [0.1, 0.15) is 0 Å². The molecular weight excluding hydrogens is 408 g/mol. The monoisotopic (exact) mass is 432 g/mol. The third-order valence-electron chi connectivity index (χ3n) is 4.61. The number of amides is 1. The minimum absolute atomic E-state index is 0.0172. The molecular formula is C20H24N4O3S2. The van der Waals surface area contributed by atoms with Gasteiger partial charge < -0.3 is 9.88 Å². The van der Waals surface area contributed by atoms with Gasteiger partial charge in [-0.05, 0) is 56.2 Å².